The molecule has 0 bridgehead atoms. The molecule has 3 aromatic heterocycles. The highest BCUT2D eigenvalue weighted by Gasteiger charge is 2.23. The number of aryl methyl sites for hydroxylation is 2. The lowest BCUT2D eigenvalue weighted by Gasteiger charge is -2.09. The Kier molecular flexibility index (Phi) is 6.15. The molecule has 10 nitrogen and oxygen atoms in total. The first-order valence-corrected chi connectivity index (χ1v) is 9.13. The second-order valence-corrected chi connectivity index (χ2v) is 6.90. The monoisotopic (exact) mass is 440 g/mol. The first-order chi connectivity index (χ1) is 14.2. The maximum Gasteiger partial charge on any atom is 0.283 e. The molecule has 3 heterocycles. The van der Waals surface area contributed by atoms with Gasteiger partial charge in [-0.15, -0.1) is 0 Å². The van der Waals surface area contributed by atoms with Crippen LogP contribution in [0.1, 0.15) is 33.9 Å². The predicted molar refractivity (Wildman–Crippen MR) is 103 cm³/mol. The third-order valence-corrected chi connectivity index (χ3v) is 4.76. The summed E-state index contributed by atoms with van der Waals surface area (Å²) in [6, 6.07) is 0. The van der Waals surface area contributed by atoms with Gasteiger partial charge in [0.25, 0.3) is 12.3 Å². The molecule has 2 N–H and O–H groups in total. The number of carbonyl (C=O) groups is 2. The van der Waals surface area contributed by atoms with Crippen LogP contribution in [-0.2, 0) is 32.0 Å². The Morgan fingerprint density at radius 1 is 1.23 bits per heavy atom. The van der Waals surface area contributed by atoms with Gasteiger partial charge in [-0.2, -0.15) is 15.3 Å². The highest BCUT2D eigenvalue weighted by Crippen LogP contribution is 2.28. The zero-order valence-corrected chi connectivity index (χ0v) is 17.1. The van der Waals surface area contributed by atoms with Gasteiger partial charge in [0.05, 0.1) is 28.8 Å². The average molecular weight is 441 g/mol. The Balaban J connectivity index is 1.69. The molecular formula is C17H19ClF2N8O2. The van der Waals surface area contributed by atoms with Gasteiger partial charge in [0.2, 0.25) is 5.91 Å². The molecule has 0 spiro atoms. The van der Waals surface area contributed by atoms with Crippen molar-refractivity contribution >= 4 is 29.1 Å². The van der Waals surface area contributed by atoms with Crippen molar-refractivity contribution in [2.75, 3.05) is 5.32 Å². The SMILES string of the molecule is Cc1c(Cl)c(C(F)F)nn1CC(=O)Nc1cnn(C)c1C(=O)NCc1cnn(C)c1. The second kappa shape index (κ2) is 8.61. The average Bonchev–Trinajstić information content (AvgIpc) is 3.34. The van der Waals surface area contributed by atoms with Crippen LogP contribution in [0.2, 0.25) is 5.02 Å². The number of hydrogen-bond donors (Lipinski definition) is 2. The van der Waals surface area contributed by atoms with Gasteiger partial charge in [0, 0.05) is 32.4 Å². The van der Waals surface area contributed by atoms with E-state index in [9.17, 15) is 18.4 Å². The summed E-state index contributed by atoms with van der Waals surface area (Å²) in [5.74, 6) is -1.03. The molecule has 2 amide bonds. The molecule has 0 aliphatic rings. The van der Waals surface area contributed by atoms with Crippen molar-refractivity contribution in [2.24, 2.45) is 14.1 Å². The molecule has 0 atom stereocenters. The van der Waals surface area contributed by atoms with Gasteiger partial charge in [0.1, 0.15) is 17.9 Å². The highest BCUT2D eigenvalue weighted by molar-refractivity contribution is 6.31. The van der Waals surface area contributed by atoms with Gasteiger partial charge in [-0.25, -0.2) is 8.78 Å². The summed E-state index contributed by atoms with van der Waals surface area (Å²) in [5, 5.41) is 16.8. The first kappa shape index (κ1) is 21.4. The van der Waals surface area contributed by atoms with Crippen molar-refractivity contribution in [1.29, 1.82) is 0 Å². The van der Waals surface area contributed by atoms with E-state index in [1.54, 1.807) is 31.2 Å². The van der Waals surface area contributed by atoms with Gasteiger partial charge in [0.15, 0.2) is 0 Å². The molecule has 30 heavy (non-hydrogen) atoms. The molecule has 0 unspecified atom stereocenters. The van der Waals surface area contributed by atoms with Crippen LogP contribution < -0.4 is 10.6 Å². The number of anilines is 1. The van der Waals surface area contributed by atoms with Crippen LogP contribution in [0.15, 0.2) is 18.6 Å². The number of nitrogens with zero attached hydrogens (tertiary/aromatic N) is 6. The Bertz CT molecular complexity index is 1090. The maximum atomic E-state index is 12.9. The summed E-state index contributed by atoms with van der Waals surface area (Å²) in [7, 11) is 3.32. The number of nitrogens with one attached hydrogen (secondary N) is 2. The molecule has 0 saturated carbocycles. The molecule has 13 heteroatoms. The fraction of sp³-hybridized carbons (Fsp3) is 0.353. The number of alkyl halides is 2. The predicted octanol–water partition coefficient (Wildman–Crippen LogP) is 1.82. The summed E-state index contributed by atoms with van der Waals surface area (Å²) >= 11 is 5.84. The number of amides is 2. The van der Waals surface area contributed by atoms with Crippen molar-refractivity contribution in [1.82, 2.24) is 34.7 Å². The van der Waals surface area contributed by atoms with E-state index in [4.69, 9.17) is 11.6 Å². The number of rotatable bonds is 7. The van der Waals surface area contributed by atoms with Gasteiger partial charge in [-0.05, 0) is 6.92 Å². The third kappa shape index (κ3) is 4.48. The lowest BCUT2D eigenvalue weighted by Crippen LogP contribution is -2.27. The van der Waals surface area contributed by atoms with Crippen molar-refractivity contribution in [2.45, 2.75) is 26.4 Å². The minimum Gasteiger partial charge on any atom is -0.346 e. The van der Waals surface area contributed by atoms with E-state index in [1.807, 2.05) is 0 Å². The summed E-state index contributed by atoms with van der Waals surface area (Å²) in [6.45, 7) is 1.37. The molecule has 0 saturated heterocycles. The van der Waals surface area contributed by atoms with Crippen LogP contribution in [0.3, 0.4) is 0 Å². The van der Waals surface area contributed by atoms with E-state index in [1.165, 1.54) is 17.8 Å². The first-order valence-electron chi connectivity index (χ1n) is 8.76. The zero-order chi connectivity index (χ0) is 22.0. The van der Waals surface area contributed by atoms with E-state index in [0.29, 0.717) is 0 Å². The molecule has 3 aromatic rings. The van der Waals surface area contributed by atoms with E-state index >= 15 is 0 Å². The molecule has 0 aliphatic heterocycles. The molecule has 0 radical (unpaired) electrons. The van der Waals surface area contributed by atoms with Gasteiger partial charge in [-0.3, -0.25) is 23.6 Å². The number of aromatic nitrogens is 6. The lowest BCUT2D eigenvalue weighted by molar-refractivity contribution is -0.117. The van der Waals surface area contributed by atoms with Crippen LogP contribution in [-0.4, -0.2) is 41.2 Å². The van der Waals surface area contributed by atoms with E-state index in [-0.39, 0.29) is 35.2 Å². The Morgan fingerprint density at radius 3 is 2.57 bits per heavy atom. The van der Waals surface area contributed by atoms with Crippen molar-refractivity contribution in [3.8, 4) is 0 Å². The number of halogens is 3. The normalized spacial score (nSPS) is 11.2. The number of hydrogen-bond acceptors (Lipinski definition) is 5. The van der Waals surface area contributed by atoms with Crippen molar-refractivity contribution < 1.29 is 18.4 Å². The van der Waals surface area contributed by atoms with Crippen LogP contribution in [0.4, 0.5) is 14.5 Å². The summed E-state index contributed by atoms with van der Waals surface area (Å²) in [5.41, 5.74) is 0.771. The Hall–Kier alpha value is -3.28. The molecule has 0 fully saturated rings. The standard InChI is InChI=1S/C17H19ClF2N8O2/c1-9-13(18)14(16(19)20)25-28(9)8-12(29)24-11-6-23-27(3)15(11)17(30)21-4-10-5-22-26(2)7-10/h5-7,16H,4,8H2,1-3H3,(H,21,30)(H,24,29). The maximum absolute atomic E-state index is 12.9. The fourth-order valence-corrected chi connectivity index (χ4v) is 3.01. The molecule has 3 rings (SSSR count). The van der Waals surface area contributed by atoms with Crippen LogP contribution in [0, 0.1) is 6.92 Å². The summed E-state index contributed by atoms with van der Waals surface area (Å²) in [6.07, 6.45) is 1.85. The Morgan fingerprint density at radius 2 is 1.97 bits per heavy atom. The topological polar surface area (TPSA) is 112 Å². The minimum atomic E-state index is -2.85. The second-order valence-electron chi connectivity index (χ2n) is 6.53. The lowest BCUT2D eigenvalue weighted by atomic mass is 10.3. The molecular weight excluding hydrogens is 422 g/mol. The van der Waals surface area contributed by atoms with E-state index in [0.717, 1.165) is 10.2 Å². The zero-order valence-electron chi connectivity index (χ0n) is 16.4. The van der Waals surface area contributed by atoms with Gasteiger partial charge < -0.3 is 10.6 Å². The van der Waals surface area contributed by atoms with Gasteiger partial charge in [-0.1, -0.05) is 11.6 Å². The summed E-state index contributed by atoms with van der Waals surface area (Å²) < 4.78 is 29.9. The van der Waals surface area contributed by atoms with Crippen molar-refractivity contribution in [3.05, 3.63) is 46.3 Å². The third-order valence-electron chi connectivity index (χ3n) is 4.30. The molecule has 0 aliphatic carbocycles. The minimum absolute atomic E-state index is 0.135. The fourth-order valence-electron chi connectivity index (χ4n) is 2.79. The van der Waals surface area contributed by atoms with Crippen molar-refractivity contribution in [3.63, 3.8) is 0 Å². The molecule has 0 aromatic carbocycles. The van der Waals surface area contributed by atoms with Crippen LogP contribution in [0.5, 0.6) is 0 Å². The Labute approximate surface area is 174 Å². The summed E-state index contributed by atoms with van der Waals surface area (Å²) in [4.78, 5) is 25.0. The quantitative estimate of drug-likeness (QED) is 0.582. The smallest absolute Gasteiger partial charge is 0.283 e. The van der Waals surface area contributed by atoms with E-state index < -0.39 is 23.9 Å². The highest BCUT2D eigenvalue weighted by atomic mass is 35.5. The van der Waals surface area contributed by atoms with E-state index in [2.05, 4.69) is 25.9 Å². The van der Waals surface area contributed by atoms with Crippen LogP contribution in [0.25, 0.3) is 0 Å². The largest absolute Gasteiger partial charge is 0.346 e. The molecule has 160 valence electrons. The number of carbonyl (C=O) groups excluding carboxylic acids is 2. The van der Waals surface area contributed by atoms with Crippen LogP contribution >= 0.6 is 11.6 Å². The van der Waals surface area contributed by atoms with Gasteiger partial charge >= 0.3 is 0 Å².